The first-order chi connectivity index (χ1) is 9.95. The third-order valence-electron chi connectivity index (χ3n) is 2.57. The Kier molecular flexibility index (Phi) is 4.87. The van der Waals surface area contributed by atoms with Crippen molar-refractivity contribution in [3.8, 4) is 0 Å². The van der Waals surface area contributed by atoms with Crippen LogP contribution >= 0.6 is 27.5 Å². The molecule has 0 fully saturated rings. The van der Waals surface area contributed by atoms with Gasteiger partial charge in [0.25, 0.3) is 5.69 Å². The summed E-state index contributed by atoms with van der Waals surface area (Å²) in [6.07, 6.45) is 1.52. The number of nitro groups is 1. The third kappa shape index (κ3) is 4.24. The molecule has 2 rings (SSSR count). The maximum absolute atomic E-state index is 11.9. The quantitative estimate of drug-likeness (QED) is 0.506. The van der Waals surface area contributed by atoms with E-state index < -0.39 is 4.92 Å². The molecule has 8 heteroatoms. The summed E-state index contributed by atoms with van der Waals surface area (Å²) < 4.78 is 0.678. The van der Waals surface area contributed by atoms with Gasteiger partial charge in [0.2, 0.25) is 5.91 Å². The van der Waals surface area contributed by atoms with Crippen molar-refractivity contribution in [2.75, 3.05) is 5.32 Å². The van der Waals surface area contributed by atoms with E-state index in [1.54, 1.807) is 12.1 Å². The second-order valence-corrected chi connectivity index (χ2v) is 5.42. The maximum atomic E-state index is 11.9. The molecule has 1 aromatic heterocycles. The normalized spacial score (nSPS) is 10.2. The predicted molar refractivity (Wildman–Crippen MR) is 82.4 cm³/mol. The number of carbonyl (C=O) groups excluding carboxylic acids is 1. The minimum absolute atomic E-state index is 0.00449. The van der Waals surface area contributed by atoms with Gasteiger partial charge in [-0.15, -0.1) is 0 Å². The lowest BCUT2D eigenvalue weighted by atomic mass is 10.1. The van der Waals surface area contributed by atoms with E-state index in [0.29, 0.717) is 15.7 Å². The third-order valence-corrected chi connectivity index (χ3v) is 3.30. The number of pyridine rings is 1. The van der Waals surface area contributed by atoms with Gasteiger partial charge < -0.3 is 5.32 Å². The minimum Gasteiger partial charge on any atom is -0.323 e. The number of anilines is 1. The van der Waals surface area contributed by atoms with E-state index in [1.807, 2.05) is 0 Å². The summed E-state index contributed by atoms with van der Waals surface area (Å²) in [5, 5.41) is 13.5. The van der Waals surface area contributed by atoms with Gasteiger partial charge in [-0.1, -0.05) is 23.7 Å². The van der Waals surface area contributed by atoms with E-state index >= 15 is 0 Å². The molecule has 0 saturated heterocycles. The molecular weight excluding hydrogens is 362 g/mol. The molecule has 21 heavy (non-hydrogen) atoms. The highest BCUT2D eigenvalue weighted by atomic mass is 79.9. The van der Waals surface area contributed by atoms with Crippen molar-refractivity contribution >= 4 is 44.8 Å². The SMILES string of the molecule is O=C(Cc1cccc([N+](=O)[O-])c1)Nc1cc(Br)cnc1Cl. The largest absolute Gasteiger partial charge is 0.323 e. The lowest BCUT2D eigenvalue weighted by Crippen LogP contribution is -2.15. The highest BCUT2D eigenvalue weighted by Crippen LogP contribution is 2.23. The van der Waals surface area contributed by atoms with Crippen molar-refractivity contribution in [1.29, 1.82) is 0 Å². The number of rotatable bonds is 4. The number of nitro benzene ring substituents is 1. The summed E-state index contributed by atoms with van der Waals surface area (Å²) in [7, 11) is 0. The van der Waals surface area contributed by atoms with Crippen LogP contribution in [-0.2, 0) is 11.2 Å². The number of carbonyl (C=O) groups is 1. The Labute approximate surface area is 133 Å². The zero-order valence-corrected chi connectivity index (χ0v) is 12.9. The predicted octanol–water partition coefficient (Wildman–Crippen LogP) is 3.59. The zero-order chi connectivity index (χ0) is 15.4. The Morgan fingerprint density at radius 2 is 2.19 bits per heavy atom. The van der Waals surface area contributed by atoms with Crippen LogP contribution in [0, 0.1) is 10.1 Å². The molecule has 0 unspecified atom stereocenters. The molecule has 2 aromatic rings. The molecule has 0 aliphatic heterocycles. The van der Waals surface area contributed by atoms with E-state index in [2.05, 4.69) is 26.2 Å². The molecule has 0 aliphatic rings. The van der Waals surface area contributed by atoms with Gasteiger partial charge >= 0.3 is 0 Å². The highest BCUT2D eigenvalue weighted by molar-refractivity contribution is 9.10. The van der Waals surface area contributed by atoms with Crippen molar-refractivity contribution in [2.45, 2.75) is 6.42 Å². The number of halogens is 2. The Bertz CT molecular complexity index is 709. The van der Waals surface area contributed by atoms with E-state index in [1.165, 1.54) is 24.4 Å². The van der Waals surface area contributed by atoms with Crippen molar-refractivity contribution in [3.63, 3.8) is 0 Å². The Balaban J connectivity index is 2.10. The topological polar surface area (TPSA) is 85.1 Å². The second kappa shape index (κ2) is 6.64. The van der Waals surface area contributed by atoms with Gasteiger partial charge in [0, 0.05) is 22.8 Å². The summed E-state index contributed by atoms with van der Waals surface area (Å²) in [5.41, 5.74) is 0.865. The molecule has 1 amide bonds. The average molecular weight is 371 g/mol. The lowest BCUT2D eigenvalue weighted by Gasteiger charge is -2.07. The molecule has 0 bridgehead atoms. The highest BCUT2D eigenvalue weighted by Gasteiger charge is 2.11. The van der Waals surface area contributed by atoms with Crippen LogP contribution in [-0.4, -0.2) is 15.8 Å². The van der Waals surface area contributed by atoms with Crippen LogP contribution in [0.2, 0.25) is 5.15 Å². The molecule has 1 N–H and O–H groups in total. The van der Waals surface area contributed by atoms with Crippen LogP contribution in [0.15, 0.2) is 41.0 Å². The summed E-state index contributed by atoms with van der Waals surface area (Å²) >= 11 is 9.11. The fourth-order valence-electron chi connectivity index (χ4n) is 1.67. The van der Waals surface area contributed by atoms with Gasteiger partial charge in [-0.2, -0.15) is 0 Å². The Morgan fingerprint density at radius 3 is 2.90 bits per heavy atom. The molecule has 108 valence electrons. The van der Waals surface area contributed by atoms with Crippen LogP contribution in [0.25, 0.3) is 0 Å². The van der Waals surface area contributed by atoms with Gasteiger partial charge in [0.15, 0.2) is 5.15 Å². The first-order valence-electron chi connectivity index (χ1n) is 5.80. The van der Waals surface area contributed by atoms with Crippen molar-refractivity contribution in [1.82, 2.24) is 4.98 Å². The molecule has 0 radical (unpaired) electrons. The smallest absolute Gasteiger partial charge is 0.269 e. The van der Waals surface area contributed by atoms with Crippen LogP contribution in [0.3, 0.4) is 0 Å². The monoisotopic (exact) mass is 369 g/mol. The van der Waals surface area contributed by atoms with Crippen molar-refractivity contribution in [2.24, 2.45) is 0 Å². The van der Waals surface area contributed by atoms with Crippen LogP contribution < -0.4 is 5.32 Å². The van der Waals surface area contributed by atoms with Gasteiger partial charge in [0.05, 0.1) is 17.0 Å². The van der Waals surface area contributed by atoms with Crippen LogP contribution in [0.5, 0.6) is 0 Å². The number of amides is 1. The second-order valence-electron chi connectivity index (χ2n) is 4.14. The Hall–Kier alpha value is -1.99. The molecule has 0 saturated carbocycles. The maximum Gasteiger partial charge on any atom is 0.269 e. The fraction of sp³-hybridized carbons (Fsp3) is 0.0769. The number of nitrogens with zero attached hydrogens (tertiary/aromatic N) is 2. The fourth-order valence-corrected chi connectivity index (χ4v) is 2.15. The van der Waals surface area contributed by atoms with Crippen molar-refractivity contribution in [3.05, 3.63) is 61.8 Å². The molecule has 1 aromatic carbocycles. The van der Waals surface area contributed by atoms with E-state index in [9.17, 15) is 14.9 Å². The summed E-state index contributed by atoms with van der Waals surface area (Å²) in [6, 6.07) is 7.54. The zero-order valence-electron chi connectivity index (χ0n) is 10.5. The van der Waals surface area contributed by atoms with E-state index in [0.717, 1.165) is 0 Å². The summed E-state index contributed by atoms with van der Waals surface area (Å²) in [5.74, 6) is -0.336. The summed E-state index contributed by atoms with van der Waals surface area (Å²) in [6.45, 7) is 0. The number of benzene rings is 1. The lowest BCUT2D eigenvalue weighted by molar-refractivity contribution is -0.384. The van der Waals surface area contributed by atoms with Crippen LogP contribution in [0.4, 0.5) is 11.4 Å². The first-order valence-corrected chi connectivity index (χ1v) is 6.97. The van der Waals surface area contributed by atoms with Gasteiger partial charge in [0.1, 0.15) is 0 Å². The van der Waals surface area contributed by atoms with Gasteiger partial charge in [-0.3, -0.25) is 14.9 Å². The van der Waals surface area contributed by atoms with Gasteiger partial charge in [-0.05, 0) is 27.6 Å². The average Bonchev–Trinajstić information content (AvgIpc) is 2.43. The molecule has 1 heterocycles. The number of aromatic nitrogens is 1. The first kappa shape index (κ1) is 15.4. The molecule has 0 atom stereocenters. The van der Waals surface area contributed by atoms with Crippen molar-refractivity contribution < 1.29 is 9.72 Å². The van der Waals surface area contributed by atoms with E-state index in [-0.39, 0.29) is 23.2 Å². The number of non-ortho nitro benzene ring substituents is 1. The van der Waals surface area contributed by atoms with E-state index in [4.69, 9.17) is 11.6 Å². The summed E-state index contributed by atoms with van der Waals surface area (Å²) in [4.78, 5) is 26.0. The van der Waals surface area contributed by atoms with Crippen LogP contribution in [0.1, 0.15) is 5.56 Å². The molecule has 0 spiro atoms. The molecule has 0 aliphatic carbocycles. The standard InChI is InChI=1S/C13H9BrClN3O3/c14-9-6-11(13(15)16-7-9)17-12(19)5-8-2-1-3-10(4-8)18(20)21/h1-4,6-7H,5H2,(H,17,19). The Morgan fingerprint density at radius 1 is 1.43 bits per heavy atom. The number of nitrogens with one attached hydrogen (secondary N) is 1. The molecular formula is C13H9BrClN3O3. The van der Waals surface area contributed by atoms with Gasteiger partial charge in [-0.25, -0.2) is 4.98 Å². The molecule has 6 nitrogen and oxygen atoms in total. The minimum atomic E-state index is -0.503. The number of hydrogen-bond acceptors (Lipinski definition) is 4. The number of hydrogen-bond donors (Lipinski definition) is 1.